The van der Waals surface area contributed by atoms with Crippen molar-refractivity contribution < 1.29 is 18.0 Å². The van der Waals surface area contributed by atoms with Gasteiger partial charge in [0.05, 0.1) is 10.6 Å². The van der Waals surface area contributed by atoms with E-state index in [1.165, 1.54) is 23.4 Å². The quantitative estimate of drug-likeness (QED) is 0.231. The molecule has 0 saturated carbocycles. The number of benzene rings is 2. The Hall–Kier alpha value is -4.47. The van der Waals surface area contributed by atoms with Gasteiger partial charge in [0.15, 0.2) is 5.82 Å². The molecule has 16 heteroatoms. The first-order chi connectivity index (χ1) is 20.0. The van der Waals surface area contributed by atoms with Crippen molar-refractivity contribution in [2.75, 3.05) is 54.6 Å². The molecule has 2 aromatic heterocycles. The number of amides is 2. The van der Waals surface area contributed by atoms with Crippen LogP contribution in [0.25, 0.3) is 5.82 Å². The fourth-order valence-electron chi connectivity index (χ4n) is 4.17. The summed E-state index contributed by atoms with van der Waals surface area (Å²) in [6.07, 6.45) is -1.84. The molecular formula is C26H27ClF3N11O. The highest BCUT2D eigenvalue weighted by molar-refractivity contribution is 6.31. The van der Waals surface area contributed by atoms with Crippen molar-refractivity contribution in [1.29, 1.82) is 0 Å². The summed E-state index contributed by atoms with van der Waals surface area (Å²) >= 11 is 5.66. The summed E-state index contributed by atoms with van der Waals surface area (Å²) in [5, 5.41) is 14.1. The standard InChI is InChI=1S/C26H27ClF3N11O/c1-16-3-4-18(36-25(42)35-17-5-6-20(27)19(11-17)26(28,29)30)12-21(16)37-24-33-15-34-41(24)23-13-22(31-14-32-23)38-40-9-7-39(2)8-10-40/h3-6,11-15H,7-10H2,1-2H3,(H,31,32,38)(H,33,34,37)(H2,35,36,42). The van der Waals surface area contributed by atoms with Gasteiger partial charge in [0.2, 0.25) is 5.95 Å². The summed E-state index contributed by atoms with van der Waals surface area (Å²) in [7, 11) is 2.08. The number of alkyl halides is 3. The minimum absolute atomic E-state index is 0.0610. The van der Waals surface area contributed by atoms with Crippen molar-refractivity contribution >= 4 is 46.5 Å². The third-order valence-electron chi connectivity index (χ3n) is 6.46. The van der Waals surface area contributed by atoms with Gasteiger partial charge in [-0.3, -0.25) is 0 Å². The maximum Gasteiger partial charge on any atom is 0.417 e. The fraction of sp³-hybridized carbons (Fsp3) is 0.269. The Morgan fingerprint density at radius 3 is 2.38 bits per heavy atom. The highest BCUT2D eigenvalue weighted by Gasteiger charge is 2.33. The first-order valence-corrected chi connectivity index (χ1v) is 13.2. The van der Waals surface area contributed by atoms with Crippen LogP contribution in [0, 0.1) is 6.92 Å². The number of urea groups is 1. The average molecular weight is 602 g/mol. The first kappa shape index (κ1) is 29.0. The summed E-state index contributed by atoms with van der Waals surface area (Å²) in [6, 6.07) is 9.25. The van der Waals surface area contributed by atoms with Crippen molar-refractivity contribution in [3.05, 3.63) is 71.3 Å². The predicted octanol–water partition coefficient (Wildman–Crippen LogP) is 5.00. The molecule has 0 atom stereocenters. The third-order valence-corrected chi connectivity index (χ3v) is 6.79. The van der Waals surface area contributed by atoms with Crippen LogP contribution < -0.4 is 21.4 Å². The van der Waals surface area contributed by atoms with Gasteiger partial charge in [0.1, 0.15) is 18.5 Å². The number of nitrogens with zero attached hydrogens (tertiary/aromatic N) is 7. The number of nitrogens with one attached hydrogen (secondary N) is 4. The highest BCUT2D eigenvalue weighted by atomic mass is 35.5. The number of hydrogen-bond donors (Lipinski definition) is 4. The normalized spacial score (nSPS) is 14.4. The molecule has 2 aromatic carbocycles. The van der Waals surface area contributed by atoms with Crippen molar-refractivity contribution in [3.8, 4) is 5.82 Å². The van der Waals surface area contributed by atoms with E-state index in [1.54, 1.807) is 24.3 Å². The average Bonchev–Trinajstić information content (AvgIpc) is 3.41. The minimum atomic E-state index is -4.65. The van der Waals surface area contributed by atoms with Crippen LogP contribution in [0.1, 0.15) is 11.1 Å². The maximum absolute atomic E-state index is 13.2. The Morgan fingerprint density at radius 2 is 1.64 bits per heavy atom. The number of hydrogen-bond acceptors (Lipinski definition) is 9. The molecular weight excluding hydrogens is 575 g/mol. The summed E-state index contributed by atoms with van der Waals surface area (Å²) in [4.78, 5) is 27.8. The first-order valence-electron chi connectivity index (χ1n) is 12.8. The Bertz CT molecular complexity index is 1570. The number of aryl methyl sites for hydroxylation is 1. The summed E-state index contributed by atoms with van der Waals surface area (Å²) in [6.45, 7) is 5.44. The molecule has 4 aromatic rings. The lowest BCUT2D eigenvalue weighted by Crippen LogP contribution is -2.47. The molecule has 3 heterocycles. The lowest BCUT2D eigenvalue weighted by molar-refractivity contribution is -0.137. The Kier molecular flexibility index (Phi) is 8.42. The number of carbonyl (C=O) groups is 1. The number of hydrazine groups is 1. The lowest BCUT2D eigenvalue weighted by Gasteiger charge is -2.32. The fourth-order valence-corrected chi connectivity index (χ4v) is 4.39. The summed E-state index contributed by atoms with van der Waals surface area (Å²) < 4.78 is 41.0. The number of carbonyl (C=O) groups excluding carboxylic acids is 1. The van der Waals surface area contributed by atoms with Gasteiger partial charge in [0.25, 0.3) is 0 Å². The van der Waals surface area contributed by atoms with E-state index in [0.29, 0.717) is 29.0 Å². The third kappa shape index (κ3) is 7.05. The number of anilines is 5. The van der Waals surface area contributed by atoms with E-state index in [0.717, 1.165) is 43.9 Å². The van der Waals surface area contributed by atoms with Gasteiger partial charge >= 0.3 is 12.2 Å². The van der Waals surface area contributed by atoms with E-state index in [4.69, 9.17) is 11.6 Å². The SMILES string of the molecule is Cc1ccc(NC(=O)Nc2ccc(Cl)c(C(F)(F)F)c2)cc1Nc1ncnn1-c1cc(NN2CCN(C)CC2)ncn1. The number of halogens is 4. The zero-order valence-electron chi connectivity index (χ0n) is 22.6. The second-order valence-electron chi connectivity index (χ2n) is 9.59. The van der Waals surface area contributed by atoms with Crippen LogP contribution >= 0.6 is 11.6 Å². The molecule has 220 valence electrons. The molecule has 0 bridgehead atoms. The molecule has 1 aliphatic rings. The van der Waals surface area contributed by atoms with Gasteiger partial charge in [-0.1, -0.05) is 17.7 Å². The molecule has 0 unspecified atom stereocenters. The zero-order chi connectivity index (χ0) is 29.9. The van der Waals surface area contributed by atoms with Gasteiger partial charge in [-0.05, 0) is 49.9 Å². The largest absolute Gasteiger partial charge is 0.417 e. The molecule has 1 fully saturated rings. The highest BCUT2D eigenvalue weighted by Crippen LogP contribution is 2.36. The van der Waals surface area contributed by atoms with Crippen LogP contribution in [0.3, 0.4) is 0 Å². The van der Waals surface area contributed by atoms with E-state index in [9.17, 15) is 18.0 Å². The summed E-state index contributed by atoms with van der Waals surface area (Å²) in [5.41, 5.74) is 4.03. The van der Waals surface area contributed by atoms with Gasteiger partial charge in [-0.2, -0.15) is 27.9 Å². The number of piperazine rings is 1. The van der Waals surface area contributed by atoms with Crippen molar-refractivity contribution in [2.45, 2.75) is 13.1 Å². The second kappa shape index (κ2) is 12.2. The van der Waals surface area contributed by atoms with Crippen LogP contribution in [0.4, 0.5) is 46.8 Å². The molecule has 1 aliphatic heterocycles. The van der Waals surface area contributed by atoms with E-state index in [-0.39, 0.29) is 5.69 Å². The zero-order valence-corrected chi connectivity index (χ0v) is 23.3. The van der Waals surface area contributed by atoms with Gasteiger partial charge in [0, 0.05) is 49.3 Å². The van der Waals surface area contributed by atoms with E-state index < -0.39 is 22.8 Å². The van der Waals surface area contributed by atoms with Crippen molar-refractivity contribution in [1.82, 2.24) is 34.6 Å². The topological polar surface area (TPSA) is 128 Å². The lowest BCUT2D eigenvalue weighted by atomic mass is 10.2. The molecule has 0 aliphatic carbocycles. The Balaban J connectivity index is 1.28. The molecule has 0 radical (unpaired) electrons. The molecule has 1 saturated heterocycles. The maximum atomic E-state index is 13.2. The van der Waals surface area contributed by atoms with Gasteiger partial charge in [-0.25, -0.2) is 19.8 Å². The van der Waals surface area contributed by atoms with Gasteiger partial charge < -0.3 is 26.3 Å². The van der Waals surface area contributed by atoms with Gasteiger partial charge in [-0.15, -0.1) is 0 Å². The monoisotopic (exact) mass is 601 g/mol. The summed E-state index contributed by atoms with van der Waals surface area (Å²) in [5.74, 6) is 1.46. The molecule has 12 nitrogen and oxygen atoms in total. The minimum Gasteiger partial charge on any atom is -0.324 e. The Labute approximate surface area is 243 Å². The van der Waals surface area contributed by atoms with Crippen LogP contribution in [-0.4, -0.2) is 73.9 Å². The molecule has 42 heavy (non-hydrogen) atoms. The van der Waals surface area contributed by atoms with E-state index in [2.05, 4.69) is 58.4 Å². The number of likely N-dealkylation sites (N-methyl/N-ethyl adjacent to an activating group) is 1. The van der Waals surface area contributed by atoms with Crippen molar-refractivity contribution in [3.63, 3.8) is 0 Å². The smallest absolute Gasteiger partial charge is 0.324 e. The number of aromatic nitrogens is 5. The van der Waals surface area contributed by atoms with E-state index >= 15 is 0 Å². The molecule has 4 N–H and O–H groups in total. The van der Waals surface area contributed by atoms with Crippen LogP contribution in [-0.2, 0) is 6.18 Å². The molecule has 2 amide bonds. The van der Waals surface area contributed by atoms with E-state index in [1.807, 2.05) is 6.92 Å². The van der Waals surface area contributed by atoms with Crippen molar-refractivity contribution in [2.24, 2.45) is 0 Å². The molecule has 5 rings (SSSR count). The number of rotatable bonds is 7. The Morgan fingerprint density at radius 1 is 0.929 bits per heavy atom. The van der Waals surface area contributed by atoms with Crippen LogP contribution in [0.5, 0.6) is 0 Å². The molecule has 0 spiro atoms. The second-order valence-corrected chi connectivity index (χ2v) is 9.99. The predicted molar refractivity (Wildman–Crippen MR) is 153 cm³/mol. The van der Waals surface area contributed by atoms with Crippen LogP contribution in [0.2, 0.25) is 5.02 Å². The van der Waals surface area contributed by atoms with Crippen LogP contribution in [0.15, 0.2) is 55.1 Å².